The van der Waals surface area contributed by atoms with Crippen LogP contribution in [0.1, 0.15) is 38.0 Å². The van der Waals surface area contributed by atoms with E-state index in [-0.39, 0.29) is 5.91 Å². The maximum absolute atomic E-state index is 11.9. The van der Waals surface area contributed by atoms with E-state index in [0.29, 0.717) is 24.6 Å². The topological polar surface area (TPSA) is 71.3 Å². The van der Waals surface area contributed by atoms with Crippen LogP contribution in [0, 0.1) is 0 Å². The third kappa shape index (κ3) is 5.14. The first-order chi connectivity index (χ1) is 11.8. The van der Waals surface area contributed by atoms with Crippen LogP contribution in [-0.2, 0) is 11.2 Å². The molecular weight excluding hydrogens is 324 g/mol. The lowest BCUT2D eigenvalue weighted by molar-refractivity contribution is -0.121. The van der Waals surface area contributed by atoms with Gasteiger partial charge in [-0.05, 0) is 50.3 Å². The summed E-state index contributed by atoms with van der Waals surface area (Å²) >= 11 is 1.59. The molecule has 0 aromatic carbocycles. The van der Waals surface area contributed by atoms with Gasteiger partial charge < -0.3 is 14.7 Å². The number of rotatable bonds is 8. The fourth-order valence-electron chi connectivity index (χ4n) is 2.89. The molecule has 1 aliphatic rings. The molecule has 2 aromatic rings. The largest absolute Gasteiger partial charge is 0.356 e. The van der Waals surface area contributed by atoms with Crippen molar-refractivity contribution in [3.8, 4) is 11.4 Å². The molecule has 0 spiro atoms. The van der Waals surface area contributed by atoms with Crippen LogP contribution in [0.3, 0.4) is 0 Å². The minimum Gasteiger partial charge on any atom is -0.356 e. The average Bonchev–Trinajstić information content (AvgIpc) is 3.29. The Morgan fingerprint density at radius 3 is 3.00 bits per heavy atom. The summed E-state index contributed by atoms with van der Waals surface area (Å²) in [5, 5.41) is 10.9. The number of carbonyl (C=O) groups excluding carboxylic acids is 1. The minimum absolute atomic E-state index is 0.0453. The number of hydrogen-bond acceptors (Lipinski definition) is 6. The van der Waals surface area contributed by atoms with Crippen LogP contribution in [0.2, 0.25) is 0 Å². The second-order valence-electron chi connectivity index (χ2n) is 6.13. The van der Waals surface area contributed by atoms with E-state index < -0.39 is 0 Å². The third-order valence-electron chi connectivity index (χ3n) is 4.24. The van der Waals surface area contributed by atoms with Gasteiger partial charge in [-0.15, -0.1) is 0 Å². The Bertz CT molecular complexity index is 620. The first-order valence-electron chi connectivity index (χ1n) is 8.65. The van der Waals surface area contributed by atoms with Crippen molar-refractivity contribution in [3.05, 3.63) is 22.7 Å². The Labute approximate surface area is 146 Å². The smallest absolute Gasteiger partial charge is 0.227 e. The lowest BCUT2D eigenvalue weighted by atomic mass is 10.1. The van der Waals surface area contributed by atoms with Crippen molar-refractivity contribution >= 4 is 17.2 Å². The summed E-state index contributed by atoms with van der Waals surface area (Å²) in [6, 6.07) is 1.95. The summed E-state index contributed by atoms with van der Waals surface area (Å²) in [5.74, 6) is 1.15. The highest BCUT2D eigenvalue weighted by Gasteiger charge is 2.12. The lowest BCUT2D eigenvalue weighted by Gasteiger charge is -2.26. The Hall–Kier alpha value is -1.73. The molecule has 0 radical (unpaired) electrons. The van der Waals surface area contributed by atoms with Gasteiger partial charge in [-0.2, -0.15) is 16.3 Å². The van der Waals surface area contributed by atoms with Crippen LogP contribution < -0.4 is 5.32 Å². The molecule has 0 unspecified atom stereocenters. The van der Waals surface area contributed by atoms with Gasteiger partial charge in [-0.3, -0.25) is 4.79 Å². The molecule has 0 atom stereocenters. The highest BCUT2D eigenvalue weighted by molar-refractivity contribution is 7.08. The Morgan fingerprint density at radius 2 is 2.21 bits per heavy atom. The summed E-state index contributed by atoms with van der Waals surface area (Å²) in [6.45, 7) is 4.22. The predicted molar refractivity (Wildman–Crippen MR) is 93.8 cm³/mol. The van der Waals surface area contributed by atoms with Gasteiger partial charge in [0.25, 0.3) is 0 Å². The number of piperidine rings is 1. The van der Waals surface area contributed by atoms with E-state index in [4.69, 9.17) is 4.52 Å². The normalized spacial score (nSPS) is 15.5. The molecule has 1 amide bonds. The van der Waals surface area contributed by atoms with Crippen LogP contribution in [0.15, 0.2) is 21.3 Å². The van der Waals surface area contributed by atoms with Crippen molar-refractivity contribution in [2.24, 2.45) is 0 Å². The molecular formula is C17H24N4O2S. The number of hydrogen-bond donors (Lipinski definition) is 1. The van der Waals surface area contributed by atoms with Crippen LogP contribution in [0.4, 0.5) is 0 Å². The van der Waals surface area contributed by atoms with Gasteiger partial charge in [0.05, 0.1) is 0 Å². The summed E-state index contributed by atoms with van der Waals surface area (Å²) in [5.41, 5.74) is 0.956. The van der Waals surface area contributed by atoms with E-state index in [1.54, 1.807) is 11.3 Å². The van der Waals surface area contributed by atoms with Gasteiger partial charge in [-0.25, -0.2) is 0 Å². The molecule has 130 valence electrons. The van der Waals surface area contributed by atoms with Crippen LogP contribution >= 0.6 is 11.3 Å². The maximum atomic E-state index is 11.9. The Morgan fingerprint density at radius 1 is 1.33 bits per heavy atom. The van der Waals surface area contributed by atoms with E-state index in [0.717, 1.165) is 25.1 Å². The van der Waals surface area contributed by atoms with Crippen LogP contribution in [-0.4, -0.2) is 47.1 Å². The van der Waals surface area contributed by atoms with Crippen LogP contribution in [0.25, 0.3) is 11.4 Å². The van der Waals surface area contributed by atoms with Crippen LogP contribution in [0.5, 0.6) is 0 Å². The molecule has 1 aliphatic heterocycles. The number of carbonyl (C=O) groups is 1. The summed E-state index contributed by atoms with van der Waals surface area (Å²) in [7, 11) is 0. The second-order valence-corrected chi connectivity index (χ2v) is 6.91. The van der Waals surface area contributed by atoms with E-state index in [9.17, 15) is 4.79 Å². The molecule has 6 nitrogen and oxygen atoms in total. The van der Waals surface area contributed by atoms with Crippen molar-refractivity contribution in [2.45, 2.75) is 38.5 Å². The molecule has 0 aliphatic carbocycles. The van der Waals surface area contributed by atoms with Gasteiger partial charge in [-0.1, -0.05) is 11.6 Å². The summed E-state index contributed by atoms with van der Waals surface area (Å²) < 4.78 is 5.20. The van der Waals surface area contributed by atoms with Crippen molar-refractivity contribution in [1.82, 2.24) is 20.4 Å². The third-order valence-corrected chi connectivity index (χ3v) is 4.92. The molecule has 7 heteroatoms. The molecule has 1 fully saturated rings. The number of nitrogens with one attached hydrogen (secondary N) is 1. The zero-order valence-electron chi connectivity index (χ0n) is 13.9. The van der Waals surface area contributed by atoms with Gasteiger partial charge in [0.1, 0.15) is 0 Å². The molecule has 1 N–H and O–H groups in total. The first kappa shape index (κ1) is 17.1. The zero-order chi connectivity index (χ0) is 16.6. The maximum Gasteiger partial charge on any atom is 0.227 e. The van der Waals surface area contributed by atoms with Crippen molar-refractivity contribution in [1.29, 1.82) is 0 Å². The standard InChI is InChI=1S/C17H24N4O2S/c22-15(18-8-4-11-21-9-2-1-3-10-21)5-6-16-19-17(20-23-16)14-7-12-24-13-14/h7,12-13H,1-6,8-11H2,(H,18,22). The van der Waals surface area contributed by atoms with E-state index in [1.807, 2.05) is 16.8 Å². The first-order valence-corrected chi connectivity index (χ1v) is 9.60. The monoisotopic (exact) mass is 348 g/mol. The number of aromatic nitrogens is 2. The van der Waals surface area contributed by atoms with Gasteiger partial charge in [0.2, 0.25) is 17.6 Å². The highest BCUT2D eigenvalue weighted by Crippen LogP contribution is 2.18. The number of amides is 1. The summed E-state index contributed by atoms with van der Waals surface area (Å²) in [4.78, 5) is 18.7. The van der Waals surface area contributed by atoms with Gasteiger partial charge in [0, 0.05) is 30.3 Å². The number of nitrogens with zero attached hydrogens (tertiary/aromatic N) is 3. The number of thiophene rings is 1. The molecule has 2 aromatic heterocycles. The fourth-order valence-corrected chi connectivity index (χ4v) is 3.52. The number of aryl methyl sites for hydroxylation is 1. The van der Waals surface area contributed by atoms with Gasteiger partial charge in [0.15, 0.2) is 0 Å². The molecule has 3 heterocycles. The molecule has 0 saturated carbocycles. The summed E-state index contributed by atoms with van der Waals surface area (Å²) in [6.07, 6.45) is 5.85. The van der Waals surface area contributed by atoms with Crippen molar-refractivity contribution in [2.75, 3.05) is 26.2 Å². The van der Waals surface area contributed by atoms with E-state index in [1.165, 1.54) is 32.4 Å². The Balaban J connectivity index is 1.31. The fraction of sp³-hybridized carbons (Fsp3) is 0.588. The molecule has 24 heavy (non-hydrogen) atoms. The Kier molecular flexibility index (Phi) is 6.37. The van der Waals surface area contributed by atoms with Crippen molar-refractivity contribution in [3.63, 3.8) is 0 Å². The molecule has 0 bridgehead atoms. The second kappa shape index (κ2) is 8.94. The minimum atomic E-state index is 0.0453. The number of likely N-dealkylation sites (tertiary alicyclic amines) is 1. The SMILES string of the molecule is O=C(CCc1nc(-c2ccsc2)no1)NCCCN1CCCCC1. The van der Waals surface area contributed by atoms with E-state index in [2.05, 4.69) is 20.4 Å². The van der Waals surface area contributed by atoms with E-state index >= 15 is 0 Å². The van der Waals surface area contributed by atoms with Crippen molar-refractivity contribution < 1.29 is 9.32 Å². The highest BCUT2D eigenvalue weighted by atomic mass is 32.1. The molecule has 1 saturated heterocycles. The van der Waals surface area contributed by atoms with Gasteiger partial charge >= 0.3 is 0 Å². The molecule has 3 rings (SSSR count). The lowest BCUT2D eigenvalue weighted by Crippen LogP contribution is -2.33. The average molecular weight is 348 g/mol. The zero-order valence-corrected chi connectivity index (χ0v) is 14.7. The predicted octanol–water partition coefficient (Wildman–Crippen LogP) is 2.72. The quantitative estimate of drug-likeness (QED) is 0.743.